The van der Waals surface area contributed by atoms with Gasteiger partial charge in [0.05, 0.1) is 29.4 Å². The Hall–Kier alpha value is -3.25. The number of hydrogen-bond acceptors (Lipinski definition) is 4. The van der Waals surface area contributed by atoms with Crippen LogP contribution in [0.3, 0.4) is 0 Å². The van der Waals surface area contributed by atoms with Crippen molar-refractivity contribution in [3.8, 4) is 11.3 Å². The molecule has 2 aromatic carbocycles. The minimum absolute atomic E-state index is 0.00313. The van der Waals surface area contributed by atoms with Crippen LogP contribution >= 0.6 is 11.3 Å². The second-order valence-electron chi connectivity index (χ2n) is 8.12. The number of nitrogens with zero attached hydrogens (tertiary/aromatic N) is 3. The van der Waals surface area contributed by atoms with E-state index in [9.17, 15) is 4.79 Å². The van der Waals surface area contributed by atoms with E-state index in [0.717, 1.165) is 44.6 Å². The van der Waals surface area contributed by atoms with Crippen molar-refractivity contribution >= 4 is 17.2 Å². The molecule has 0 aliphatic heterocycles. The molecule has 0 saturated heterocycles. The summed E-state index contributed by atoms with van der Waals surface area (Å²) < 4.78 is 2.01. The summed E-state index contributed by atoms with van der Waals surface area (Å²) in [7, 11) is 0. The van der Waals surface area contributed by atoms with Gasteiger partial charge in [0.15, 0.2) is 0 Å². The summed E-state index contributed by atoms with van der Waals surface area (Å²) in [6.07, 6.45) is 0.324. The molecule has 0 bridgehead atoms. The quantitative estimate of drug-likeness (QED) is 0.429. The SMILES string of the molecule is Cc1ccc(-c2nc(C)sc2CC(=O)NCc2c(C)nn(Cc3ccccc3)c2C)cc1. The van der Waals surface area contributed by atoms with Gasteiger partial charge in [-0.15, -0.1) is 11.3 Å². The average molecular weight is 445 g/mol. The van der Waals surface area contributed by atoms with Gasteiger partial charge in [-0.05, 0) is 33.3 Å². The van der Waals surface area contributed by atoms with E-state index in [4.69, 9.17) is 0 Å². The molecule has 0 fully saturated rings. The molecular weight excluding hydrogens is 416 g/mol. The first-order valence-electron chi connectivity index (χ1n) is 10.8. The van der Waals surface area contributed by atoms with Crippen molar-refractivity contribution in [2.75, 3.05) is 0 Å². The molecular formula is C26H28N4OS. The standard InChI is InChI=1S/C26H28N4OS/c1-17-10-12-22(13-11-17)26-24(32-20(4)28-26)14-25(31)27-15-23-18(2)29-30(19(23)3)16-21-8-6-5-7-9-21/h5-13H,14-16H2,1-4H3,(H,27,31). The molecule has 1 amide bonds. The number of hydrogen-bond donors (Lipinski definition) is 1. The molecule has 0 radical (unpaired) electrons. The van der Waals surface area contributed by atoms with Crippen molar-refractivity contribution < 1.29 is 4.79 Å². The summed E-state index contributed by atoms with van der Waals surface area (Å²) in [6.45, 7) is 9.31. The first-order valence-corrected chi connectivity index (χ1v) is 11.6. The molecule has 0 aliphatic carbocycles. The van der Waals surface area contributed by atoms with Crippen LogP contribution in [0, 0.1) is 27.7 Å². The van der Waals surface area contributed by atoms with Crippen LogP contribution in [0.25, 0.3) is 11.3 Å². The number of benzene rings is 2. The first-order chi connectivity index (χ1) is 15.4. The Balaban J connectivity index is 1.44. The molecule has 0 unspecified atom stereocenters. The summed E-state index contributed by atoms with van der Waals surface area (Å²) in [6, 6.07) is 18.6. The lowest BCUT2D eigenvalue weighted by Gasteiger charge is -2.08. The molecule has 4 aromatic rings. The Labute approximate surface area is 193 Å². The summed E-state index contributed by atoms with van der Waals surface area (Å²) >= 11 is 1.59. The molecule has 164 valence electrons. The highest BCUT2D eigenvalue weighted by molar-refractivity contribution is 7.12. The van der Waals surface area contributed by atoms with E-state index >= 15 is 0 Å². The predicted octanol–water partition coefficient (Wildman–Crippen LogP) is 5.15. The zero-order chi connectivity index (χ0) is 22.7. The number of rotatable bonds is 7. The van der Waals surface area contributed by atoms with Gasteiger partial charge in [-0.3, -0.25) is 9.48 Å². The molecule has 0 atom stereocenters. The minimum atomic E-state index is -0.00313. The van der Waals surface area contributed by atoms with Gasteiger partial charge in [0.2, 0.25) is 5.91 Å². The minimum Gasteiger partial charge on any atom is -0.352 e. The first kappa shape index (κ1) is 22.0. The zero-order valence-electron chi connectivity index (χ0n) is 19.0. The number of carbonyl (C=O) groups is 1. The van der Waals surface area contributed by atoms with E-state index in [2.05, 4.69) is 65.6 Å². The third-order valence-corrected chi connectivity index (χ3v) is 6.59. The predicted molar refractivity (Wildman–Crippen MR) is 130 cm³/mol. The van der Waals surface area contributed by atoms with Gasteiger partial charge in [-0.2, -0.15) is 5.10 Å². The summed E-state index contributed by atoms with van der Waals surface area (Å²) in [5.74, 6) is -0.00313. The van der Waals surface area contributed by atoms with Crippen molar-refractivity contribution in [1.29, 1.82) is 0 Å². The average Bonchev–Trinajstić information content (AvgIpc) is 3.26. The fourth-order valence-corrected chi connectivity index (χ4v) is 4.78. The fraction of sp³-hybridized carbons (Fsp3) is 0.269. The van der Waals surface area contributed by atoms with Crippen LogP contribution in [0.5, 0.6) is 0 Å². The lowest BCUT2D eigenvalue weighted by atomic mass is 10.1. The Morgan fingerprint density at radius 1 is 1.00 bits per heavy atom. The monoisotopic (exact) mass is 444 g/mol. The van der Waals surface area contributed by atoms with Gasteiger partial charge in [-0.25, -0.2) is 4.98 Å². The zero-order valence-corrected chi connectivity index (χ0v) is 19.8. The van der Waals surface area contributed by atoms with Crippen LogP contribution in [0.15, 0.2) is 54.6 Å². The van der Waals surface area contributed by atoms with Gasteiger partial charge in [-0.1, -0.05) is 60.2 Å². The van der Waals surface area contributed by atoms with Crippen LogP contribution in [0.1, 0.15) is 38.0 Å². The van der Waals surface area contributed by atoms with Crippen LogP contribution in [-0.2, 0) is 24.3 Å². The van der Waals surface area contributed by atoms with E-state index in [0.29, 0.717) is 13.0 Å². The number of carbonyl (C=O) groups excluding carboxylic acids is 1. The Kier molecular flexibility index (Phi) is 6.51. The summed E-state index contributed by atoms with van der Waals surface area (Å²) in [5, 5.41) is 8.75. The molecule has 0 aliphatic rings. The highest BCUT2D eigenvalue weighted by Gasteiger charge is 2.17. The summed E-state index contributed by atoms with van der Waals surface area (Å²) in [5.41, 5.74) is 7.49. The van der Waals surface area contributed by atoms with Crippen molar-refractivity contribution in [2.24, 2.45) is 0 Å². The third-order valence-electron chi connectivity index (χ3n) is 5.62. The topological polar surface area (TPSA) is 59.8 Å². The second-order valence-corrected chi connectivity index (χ2v) is 9.40. The highest BCUT2D eigenvalue weighted by Crippen LogP contribution is 2.28. The third kappa shape index (κ3) is 4.97. The largest absolute Gasteiger partial charge is 0.352 e. The van der Waals surface area contributed by atoms with E-state index in [1.54, 1.807) is 11.3 Å². The molecule has 0 saturated carbocycles. The molecule has 4 rings (SSSR count). The van der Waals surface area contributed by atoms with Gasteiger partial charge in [0.1, 0.15) is 0 Å². The number of nitrogens with one attached hydrogen (secondary N) is 1. The van der Waals surface area contributed by atoms with Crippen molar-refractivity contribution in [1.82, 2.24) is 20.1 Å². The molecule has 1 N–H and O–H groups in total. The van der Waals surface area contributed by atoms with E-state index in [1.165, 1.54) is 11.1 Å². The molecule has 6 heteroatoms. The smallest absolute Gasteiger partial charge is 0.225 e. The maximum absolute atomic E-state index is 12.8. The van der Waals surface area contributed by atoms with Crippen molar-refractivity contribution in [3.63, 3.8) is 0 Å². The van der Waals surface area contributed by atoms with Crippen LogP contribution in [-0.4, -0.2) is 20.7 Å². The van der Waals surface area contributed by atoms with Crippen LogP contribution < -0.4 is 5.32 Å². The maximum Gasteiger partial charge on any atom is 0.225 e. The van der Waals surface area contributed by atoms with Crippen LogP contribution in [0.4, 0.5) is 0 Å². The fourth-order valence-electron chi connectivity index (χ4n) is 3.82. The van der Waals surface area contributed by atoms with Crippen molar-refractivity contribution in [2.45, 2.75) is 47.2 Å². The normalized spacial score (nSPS) is 11.0. The lowest BCUT2D eigenvalue weighted by molar-refractivity contribution is -0.120. The highest BCUT2D eigenvalue weighted by atomic mass is 32.1. The second kappa shape index (κ2) is 9.49. The van der Waals surface area contributed by atoms with Crippen molar-refractivity contribution in [3.05, 3.63) is 92.6 Å². The lowest BCUT2D eigenvalue weighted by Crippen LogP contribution is -2.25. The van der Waals surface area contributed by atoms with E-state index in [-0.39, 0.29) is 5.91 Å². The Morgan fingerprint density at radius 2 is 1.72 bits per heavy atom. The van der Waals surface area contributed by atoms with E-state index in [1.807, 2.05) is 36.7 Å². The van der Waals surface area contributed by atoms with Gasteiger partial charge in [0, 0.05) is 28.2 Å². The Bertz CT molecular complexity index is 1220. The maximum atomic E-state index is 12.8. The Morgan fingerprint density at radius 3 is 2.44 bits per heavy atom. The number of aromatic nitrogens is 3. The molecule has 2 heterocycles. The van der Waals surface area contributed by atoms with Gasteiger partial charge in [0.25, 0.3) is 0 Å². The number of thiazole rings is 1. The molecule has 32 heavy (non-hydrogen) atoms. The van der Waals surface area contributed by atoms with Crippen LogP contribution in [0.2, 0.25) is 0 Å². The number of amides is 1. The molecule has 5 nitrogen and oxygen atoms in total. The number of aryl methyl sites for hydroxylation is 3. The summed E-state index contributed by atoms with van der Waals surface area (Å²) in [4.78, 5) is 18.5. The van der Waals surface area contributed by atoms with Gasteiger partial charge < -0.3 is 5.32 Å². The van der Waals surface area contributed by atoms with Gasteiger partial charge >= 0.3 is 0 Å². The molecule has 2 aromatic heterocycles. The van der Waals surface area contributed by atoms with E-state index < -0.39 is 0 Å². The molecule has 0 spiro atoms.